The normalized spacial score (nSPS) is 33.4. The topological polar surface area (TPSA) is 39.1 Å². The summed E-state index contributed by atoms with van der Waals surface area (Å²) in [5, 5.41) is 13.2. The fourth-order valence-corrected chi connectivity index (χ4v) is 4.01. The Hall–Kier alpha value is -0.590. The molecule has 0 aromatic rings. The second kappa shape index (κ2) is 7.43. The Labute approximate surface area is 124 Å². The molecular weight excluding hydrogens is 246 g/mol. The van der Waals surface area contributed by atoms with Gasteiger partial charge in [-0.05, 0) is 65.5 Å². The van der Waals surface area contributed by atoms with Crippen molar-refractivity contribution in [3.63, 3.8) is 0 Å². The van der Waals surface area contributed by atoms with Gasteiger partial charge in [-0.15, -0.1) is 0 Å². The molecule has 3 heteroatoms. The number of hydrogen-bond acceptors (Lipinski definition) is 3. The fourth-order valence-electron chi connectivity index (χ4n) is 4.01. The van der Waals surface area contributed by atoms with Crippen molar-refractivity contribution in [2.24, 2.45) is 0 Å². The van der Waals surface area contributed by atoms with E-state index in [0.29, 0.717) is 12.1 Å². The van der Waals surface area contributed by atoms with E-state index in [9.17, 15) is 5.26 Å². The highest BCUT2D eigenvalue weighted by atomic mass is 15.2. The summed E-state index contributed by atoms with van der Waals surface area (Å²) < 4.78 is 0. The van der Waals surface area contributed by atoms with E-state index < -0.39 is 0 Å². The third-order valence-electron chi connectivity index (χ3n) is 4.91. The van der Waals surface area contributed by atoms with Crippen molar-refractivity contribution < 1.29 is 0 Å². The zero-order valence-corrected chi connectivity index (χ0v) is 13.3. The summed E-state index contributed by atoms with van der Waals surface area (Å²) in [7, 11) is 0. The molecule has 0 aromatic carbocycles. The lowest BCUT2D eigenvalue weighted by atomic mass is 9.78. The maximum Gasteiger partial charge on any atom is 0.108 e. The standard InChI is InChI=1S/C17H31N3/c1-15(2)19-17(14-18)10-8-9-16(13-17)20-11-6-4-3-5-7-12-20/h15-16,19H,3-13H2,1-2H3. The number of nitrogens with one attached hydrogen (secondary N) is 1. The summed E-state index contributed by atoms with van der Waals surface area (Å²) in [5.41, 5.74) is -0.278. The van der Waals surface area contributed by atoms with Crippen LogP contribution >= 0.6 is 0 Å². The zero-order chi connectivity index (χ0) is 14.4. The van der Waals surface area contributed by atoms with E-state index in [2.05, 4.69) is 30.1 Å². The number of nitrogens with zero attached hydrogens (tertiary/aromatic N) is 2. The molecule has 1 saturated carbocycles. The van der Waals surface area contributed by atoms with Gasteiger partial charge < -0.3 is 4.90 Å². The van der Waals surface area contributed by atoms with E-state index in [1.807, 2.05) is 0 Å². The van der Waals surface area contributed by atoms with Gasteiger partial charge in [0.15, 0.2) is 0 Å². The average Bonchev–Trinajstić information content (AvgIpc) is 2.37. The van der Waals surface area contributed by atoms with E-state index >= 15 is 0 Å². The van der Waals surface area contributed by atoms with Gasteiger partial charge in [0.2, 0.25) is 0 Å². The number of hydrogen-bond donors (Lipinski definition) is 1. The Kier molecular flexibility index (Phi) is 5.86. The van der Waals surface area contributed by atoms with Crippen molar-refractivity contribution in [2.45, 2.75) is 89.3 Å². The van der Waals surface area contributed by atoms with Crippen molar-refractivity contribution in [1.29, 1.82) is 5.26 Å². The number of nitriles is 1. The predicted molar refractivity (Wildman–Crippen MR) is 83.5 cm³/mol. The lowest BCUT2D eigenvalue weighted by Gasteiger charge is -2.43. The van der Waals surface area contributed by atoms with Crippen LogP contribution in [0.4, 0.5) is 0 Å². The molecule has 1 heterocycles. The van der Waals surface area contributed by atoms with Crippen LogP contribution in [0.1, 0.15) is 71.6 Å². The Morgan fingerprint density at radius 2 is 1.75 bits per heavy atom. The average molecular weight is 277 g/mol. The third-order valence-corrected chi connectivity index (χ3v) is 4.91. The van der Waals surface area contributed by atoms with Crippen LogP contribution in [0, 0.1) is 11.3 Å². The highest BCUT2D eigenvalue weighted by Gasteiger charge is 2.38. The van der Waals surface area contributed by atoms with Gasteiger partial charge in [0.25, 0.3) is 0 Å². The maximum atomic E-state index is 9.68. The predicted octanol–water partition coefficient (Wildman–Crippen LogP) is 3.46. The van der Waals surface area contributed by atoms with Gasteiger partial charge in [-0.1, -0.05) is 19.3 Å². The van der Waals surface area contributed by atoms with Crippen LogP contribution in [0.3, 0.4) is 0 Å². The van der Waals surface area contributed by atoms with Crippen LogP contribution in [-0.4, -0.2) is 35.6 Å². The van der Waals surface area contributed by atoms with Crippen molar-refractivity contribution in [3.8, 4) is 6.07 Å². The first-order valence-electron chi connectivity index (χ1n) is 8.58. The van der Waals surface area contributed by atoms with Gasteiger partial charge in [-0.2, -0.15) is 5.26 Å². The Morgan fingerprint density at radius 1 is 1.10 bits per heavy atom. The first-order chi connectivity index (χ1) is 9.65. The van der Waals surface area contributed by atoms with Crippen LogP contribution < -0.4 is 5.32 Å². The molecule has 3 nitrogen and oxygen atoms in total. The van der Waals surface area contributed by atoms with Crippen molar-refractivity contribution in [3.05, 3.63) is 0 Å². The molecule has 20 heavy (non-hydrogen) atoms. The summed E-state index contributed by atoms with van der Waals surface area (Å²) in [5.74, 6) is 0. The molecule has 2 rings (SSSR count). The zero-order valence-electron chi connectivity index (χ0n) is 13.3. The highest BCUT2D eigenvalue weighted by Crippen LogP contribution is 2.32. The molecule has 1 aliphatic carbocycles. The first-order valence-corrected chi connectivity index (χ1v) is 8.58. The van der Waals surface area contributed by atoms with Crippen LogP contribution in [0.2, 0.25) is 0 Å². The van der Waals surface area contributed by atoms with E-state index in [4.69, 9.17) is 0 Å². The number of likely N-dealkylation sites (tertiary alicyclic amines) is 1. The van der Waals surface area contributed by atoms with Gasteiger partial charge in [0.05, 0.1) is 6.07 Å². The Morgan fingerprint density at radius 3 is 2.35 bits per heavy atom. The maximum absolute atomic E-state index is 9.68. The van der Waals surface area contributed by atoms with E-state index in [-0.39, 0.29) is 5.54 Å². The van der Waals surface area contributed by atoms with Crippen LogP contribution in [0.15, 0.2) is 0 Å². The Balaban J connectivity index is 1.99. The monoisotopic (exact) mass is 277 g/mol. The molecule has 0 spiro atoms. The summed E-state index contributed by atoms with van der Waals surface area (Å²) in [6, 6.07) is 3.62. The molecule has 0 aromatic heterocycles. The molecule has 2 aliphatic rings. The molecule has 0 amide bonds. The van der Waals surface area contributed by atoms with Gasteiger partial charge in [0.1, 0.15) is 5.54 Å². The van der Waals surface area contributed by atoms with E-state index in [1.54, 1.807) is 0 Å². The van der Waals surface area contributed by atoms with Gasteiger partial charge in [-0.25, -0.2) is 0 Å². The van der Waals surface area contributed by atoms with E-state index in [1.165, 1.54) is 58.0 Å². The lowest BCUT2D eigenvalue weighted by molar-refractivity contribution is 0.108. The molecular formula is C17H31N3. The van der Waals surface area contributed by atoms with Crippen LogP contribution in [-0.2, 0) is 0 Å². The SMILES string of the molecule is CC(C)NC1(C#N)CCCC(N2CCCCCCC2)C1. The third kappa shape index (κ3) is 4.20. The van der Waals surface area contributed by atoms with Gasteiger partial charge >= 0.3 is 0 Å². The Bertz CT molecular complexity index is 326. The van der Waals surface area contributed by atoms with Crippen molar-refractivity contribution in [1.82, 2.24) is 10.2 Å². The largest absolute Gasteiger partial charge is 0.300 e. The second-order valence-electron chi connectivity index (χ2n) is 7.05. The van der Waals surface area contributed by atoms with E-state index in [0.717, 1.165) is 12.8 Å². The summed E-state index contributed by atoms with van der Waals surface area (Å²) >= 11 is 0. The minimum Gasteiger partial charge on any atom is -0.300 e. The molecule has 1 aliphatic heterocycles. The molecule has 1 saturated heterocycles. The molecule has 2 atom stereocenters. The minimum atomic E-state index is -0.278. The molecule has 2 fully saturated rings. The van der Waals surface area contributed by atoms with Crippen molar-refractivity contribution >= 4 is 0 Å². The van der Waals surface area contributed by atoms with Crippen molar-refractivity contribution in [2.75, 3.05) is 13.1 Å². The van der Waals surface area contributed by atoms with Crippen LogP contribution in [0.5, 0.6) is 0 Å². The molecule has 1 N–H and O–H groups in total. The summed E-state index contributed by atoms with van der Waals surface area (Å²) in [6.07, 6.45) is 11.4. The van der Waals surface area contributed by atoms with Gasteiger partial charge in [-0.3, -0.25) is 5.32 Å². The summed E-state index contributed by atoms with van der Waals surface area (Å²) in [6.45, 7) is 6.79. The smallest absolute Gasteiger partial charge is 0.108 e. The van der Waals surface area contributed by atoms with Crippen LogP contribution in [0.25, 0.3) is 0 Å². The first kappa shape index (κ1) is 15.8. The molecule has 0 bridgehead atoms. The summed E-state index contributed by atoms with van der Waals surface area (Å²) in [4.78, 5) is 2.69. The van der Waals surface area contributed by atoms with Gasteiger partial charge in [0, 0.05) is 12.1 Å². The minimum absolute atomic E-state index is 0.278. The molecule has 0 radical (unpaired) electrons. The fraction of sp³-hybridized carbons (Fsp3) is 0.941. The molecule has 2 unspecified atom stereocenters. The second-order valence-corrected chi connectivity index (χ2v) is 7.05. The highest BCUT2D eigenvalue weighted by molar-refractivity contribution is 5.11. The lowest BCUT2D eigenvalue weighted by Crippen LogP contribution is -2.55. The quantitative estimate of drug-likeness (QED) is 0.858. The molecule has 114 valence electrons. The number of rotatable bonds is 3.